The van der Waals surface area contributed by atoms with Crippen molar-refractivity contribution in [3.8, 4) is 5.75 Å². The predicted molar refractivity (Wildman–Crippen MR) is 80.8 cm³/mol. The third kappa shape index (κ3) is 4.48. The number of hydrogen-bond donors (Lipinski definition) is 2. The van der Waals surface area contributed by atoms with Crippen LogP contribution in [0.4, 0.5) is 5.69 Å². The maximum atomic E-state index is 9.98. The van der Waals surface area contributed by atoms with Gasteiger partial charge in [0.2, 0.25) is 0 Å². The second-order valence-corrected chi connectivity index (χ2v) is 5.40. The van der Waals surface area contributed by atoms with Gasteiger partial charge in [0.25, 0.3) is 0 Å². The van der Waals surface area contributed by atoms with Gasteiger partial charge in [0.1, 0.15) is 18.5 Å². The number of nitrogens with two attached hydrogens (primary N) is 1. The fraction of sp³-hybridized carbons (Fsp3) is 0.357. The molecule has 0 aliphatic rings. The number of rotatable bonds is 7. The minimum atomic E-state index is -0.571. The summed E-state index contributed by atoms with van der Waals surface area (Å²) in [6, 6.07) is 7.27. The number of nitrogen functional groups attached to an aromatic ring is 1. The molecule has 1 heterocycles. The first-order valence-corrected chi connectivity index (χ1v) is 7.30. The normalized spacial score (nSPS) is 12.6. The lowest BCUT2D eigenvalue weighted by Crippen LogP contribution is -2.32. The molecule has 2 aromatic rings. The number of likely N-dealkylation sites (N-methyl/N-ethyl adjacent to an activating group) is 1. The van der Waals surface area contributed by atoms with Crippen molar-refractivity contribution in [3.63, 3.8) is 0 Å². The van der Waals surface area contributed by atoms with Gasteiger partial charge in [-0.1, -0.05) is 12.1 Å². The largest absolute Gasteiger partial charge is 0.489 e. The second kappa shape index (κ2) is 7.23. The number of nitrogens with zero attached hydrogens (tertiary/aromatic N) is 2. The number of hydrogen-bond acceptors (Lipinski definition) is 6. The van der Waals surface area contributed by atoms with Crippen LogP contribution in [0, 0.1) is 0 Å². The van der Waals surface area contributed by atoms with Gasteiger partial charge in [0.15, 0.2) is 0 Å². The highest BCUT2D eigenvalue weighted by molar-refractivity contribution is 7.07. The van der Waals surface area contributed by atoms with Crippen LogP contribution in [0.1, 0.15) is 5.69 Å². The van der Waals surface area contributed by atoms with Gasteiger partial charge in [-0.3, -0.25) is 4.90 Å². The van der Waals surface area contributed by atoms with Gasteiger partial charge in [-0.05, 0) is 19.2 Å². The van der Waals surface area contributed by atoms with Gasteiger partial charge < -0.3 is 15.6 Å². The second-order valence-electron chi connectivity index (χ2n) is 4.68. The smallest absolute Gasteiger partial charge is 0.142 e. The van der Waals surface area contributed by atoms with Gasteiger partial charge >= 0.3 is 0 Å². The summed E-state index contributed by atoms with van der Waals surface area (Å²) in [5, 5.41) is 12.0. The van der Waals surface area contributed by atoms with Crippen LogP contribution in [0.15, 0.2) is 35.2 Å². The van der Waals surface area contributed by atoms with Crippen molar-refractivity contribution in [2.24, 2.45) is 0 Å². The van der Waals surface area contributed by atoms with E-state index in [9.17, 15) is 5.11 Å². The van der Waals surface area contributed by atoms with E-state index in [1.807, 2.05) is 29.5 Å². The molecule has 0 bridgehead atoms. The maximum Gasteiger partial charge on any atom is 0.142 e. The van der Waals surface area contributed by atoms with Crippen molar-refractivity contribution in [1.29, 1.82) is 0 Å². The number of para-hydroxylation sites is 2. The van der Waals surface area contributed by atoms with Crippen molar-refractivity contribution < 1.29 is 9.84 Å². The zero-order valence-corrected chi connectivity index (χ0v) is 12.2. The van der Waals surface area contributed by atoms with Crippen LogP contribution in [0.2, 0.25) is 0 Å². The Labute approximate surface area is 122 Å². The van der Waals surface area contributed by atoms with Crippen LogP contribution in [-0.2, 0) is 6.54 Å². The van der Waals surface area contributed by atoms with E-state index in [1.54, 1.807) is 29.0 Å². The number of aliphatic hydroxyl groups excluding tert-OH is 1. The monoisotopic (exact) mass is 293 g/mol. The van der Waals surface area contributed by atoms with E-state index in [0.717, 1.165) is 5.69 Å². The molecule has 1 aromatic carbocycles. The molecule has 0 radical (unpaired) electrons. The Morgan fingerprint density at radius 3 is 2.95 bits per heavy atom. The zero-order chi connectivity index (χ0) is 14.4. The lowest BCUT2D eigenvalue weighted by atomic mass is 10.3. The van der Waals surface area contributed by atoms with E-state index in [1.165, 1.54) is 0 Å². The van der Waals surface area contributed by atoms with Crippen LogP contribution in [0.5, 0.6) is 5.75 Å². The van der Waals surface area contributed by atoms with Gasteiger partial charge in [-0.25, -0.2) is 4.98 Å². The Kier molecular flexibility index (Phi) is 5.34. The Morgan fingerprint density at radius 1 is 1.45 bits per heavy atom. The van der Waals surface area contributed by atoms with E-state index in [-0.39, 0.29) is 6.61 Å². The van der Waals surface area contributed by atoms with Crippen LogP contribution in [-0.4, -0.2) is 41.3 Å². The lowest BCUT2D eigenvalue weighted by Gasteiger charge is -2.20. The molecule has 0 aliphatic heterocycles. The fourth-order valence-electron chi connectivity index (χ4n) is 1.87. The summed E-state index contributed by atoms with van der Waals surface area (Å²) < 4.78 is 5.52. The molecule has 1 unspecified atom stereocenters. The summed E-state index contributed by atoms with van der Waals surface area (Å²) in [4.78, 5) is 6.23. The molecule has 20 heavy (non-hydrogen) atoms. The van der Waals surface area contributed by atoms with Crippen molar-refractivity contribution in [2.75, 3.05) is 25.9 Å². The van der Waals surface area contributed by atoms with Gasteiger partial charge in [0, 0.05) is 18.5 Å². The summed E-state index contributed by atoms with van der Waals surface area (Å²) in [7, 11) is 1.94. The molecule has 1 aromatic heterocycles. The molecular formula is C14H19N3O2S. The summed E-state index contributed by atoms with van der Waals surface area (Å²) >= 11 is 1.57. The number of benzene rings is 1. The highest BCUT2D eigenvalue weighted by Crippen LogP contribution is 2.19. The molecule has 0 spiro atoms. The van der Waals surface area contributed by atoms with Crippen molar-refractivity contribution in [3.05, 3.63) is 40.8 Å². The third-order valence-corrected chi connectivity index (χ3v) is 3.42. The Morgan fingerprint density at radius 2 is 2.25 bits per heavy atom. The van der Waals surface area contributed by atoms with Crippen molar-refractivity contribution >= 4 is 17.0 Å². The lowest BCUT2D eigenvalue weighted by molar-refractivity contribution is 0.0744. The summed E-state index contributed by atoms with van der Waals surface area (Å²) in [5.74, 6) is 0.605. The topological polar surface area (TPSA) is 71.6 Å². The SMILES string of the molecule is CN(Cc1cscn1)CC(O)COc1ccccc1N. The summed E-state index contributed by atoms with van der Waals surface area (Å²) in [5.41, 5.74) is 9.17. The van der Waals surface area contributed by atoms with Gasteiger partial charge in [-0.2, -0.15) is 0 Å². The molecule has 0 fully saturated rings. The van der Waals surface area contributed by atoms with E-state index in [0.29, 0.717) is 24.5 Å². The molecule has 3 N–H and O–H groups in total. The Hall–Kier alpha value is -1.63. The Bertz CT molecular complexity index is 519. The van der Waals surface area contributed by atoms with E-state index in [4.69, 9.17) is 10.5 Å². The minimum Gasteiger partial charge on any atom is -0.489 e. The van der Waals surface area contributed by atoms with E-state index < -0.39 is 6.10 Å². The number of aromatic nitrogens is 1. The first kappa shape index (κ1) is 14.8. The summed E-state index contributed by atoms with van der Waals surface area (Å²) in [6.45, 7) is 1.45. The standard InChI is InChI=1S/C14H19N3O2S/c1-17(6-11-9-20-10-16-11)7-12(18)8-19-14-5-3-2-4-13(14)15/h2-5,9-10,12,18H,6-8,15H2,1H3. The van der Waals surface area contributed by atoms with Crippen LogP contribution < -0.4 is 10.5 Å². The number of thiazole rings is 1. The molecule has 0 saturated carbocycles. The molecule has 6 heteroatoms. The molecule has 5 nitrogen and oxygen atoms in total. The maximum absolute atomic E-state index is 9.98. The average Bonchev–Trinajstić information content (AvgIpc) is 2.90. The molecule has 0 aliphatic carbocycles. The zero-order valence-electron chi connectivity index (χ0n) is 11.4. The van der Waals surface area contributed by atoms with Gasteiger partial charge in [-0.15, -0.1) is 11.3 Å². The Balaban J connectivity index is 1.75. The molecule has 2 rings (SSSR count). The summed E-state index contributed by atoms with van der Waals surface area (Å²) in [6.07, 6.45) is -0.571. The molecule has 0 amide bonds. The van der Waals surface area contributed by atoms with E-state index >= 15 is 0 Å². The number of anilines is 1. The van der Waals surface area contributed by atoms with Crippen LogP contribution in [0.3, 0.4) is 0 Å². The minimum absolute atomic E-state index is 0.218. The molecule has 108 valence electrons. The van der Waals surface area contributed by atoms with Crippen LogP contribution in [0.25, 0.3) is 0 Å². The predicted octanol–water partition coefficient (Wildman–Crippen LogP) is 1.60. The average molecular weight is 293 g/mol. The highest BCUT2D eigenvalue weighted by atomic mass is 32.1. The van der Waals surface area contributed by atoms with Crippen molar-refractivity contribution in [2.45, 2.75) is 12.6 Å². The molecular weight excluding hydrogens is 274 g/mol. The molecule has 1 atom stereocenters. The number of ether oxygens (including phenoxy) is 1. The van der Waals surface area contributed by atoms with E-state index in [2.05, 4.69) is 4.98 Å². The quantitative estimate of drug-likeness (QED) is 0.759. The van der Waals surface area contributed by atoms with Crippen molar-refractivity contribution in [1.82, 2.24) is 9.88 Å². The third-order valence-electron chi connectivity index (χ3n) is 2.79. The molecule has 0 saturated heterocycles. The number of aliphatic hydroxyl groups is 1. The first-order chi connectivity index (χ1) is 9.65. The van der Waals surface area contributed by atoms with Crippen LogP contribution >= 0.6 is 11.3 Å². The fourth-order valence-corrected chi connectivity index (χ4v) is 2.42. The highest BCUT2D eigenvalue weighted by Gasteiger charge is 2.11. The first-order valence-electron chi connectivity index (χ1n) is 6.36. The van der Waals surface area contributed by atoms with Gasteiger partial charge in [0.05, 0.1) is 16.9 Å².